The quantitative estimate of drug-likeness (QED) is 0.503. The first-order valence-electron chi connectivity index (χ1n) is 9.57. The van der Waals surface area contributed by atoms with E-state index in [0.29, 0.717) is 6.54 Å². The van der Waals surface area contributed by atoms with Crippen molar-refractivity contribution in [2.75, 3.05) is 12.8 Å². The van der Waals surface area contributed by atoms with Gasteiger partial charge in [0.25, 0.3) is 0 Å². The SMILES string of the molecule is CCCC[C@H](CC)C(=O)N(CCCC)Cc1ccc(OS(C)(=O)=O)cc1. The molecule has 0 radical (unpaired) electrons. The number of carbonyl (C=O) groups excluding carboxylic acids is 1. The van der Waals surface area contributed by atoms with Crippen molar-refractivity contribution in [3.63, 3.8) is 0 Å². The second-order valence-corrected chi connectivity index (χ2v) is 8.37. The molecular weight excluding hydrogens is 350 g/mol. The molecule has 148 valence electrons. The molecule has 0 aliphatic rings. The number of rotatable bonds is 12. The van der Waals surface area contributed by atoms with Crippen molar-refractivity contribution in [1.82, 2.24) is 4.90 Å². The normalized spacial score (nSPS) is 12.6. The topological polar surface area (TPSA) is 63.7 Å². The van der Waals surface area contributed by atoms with E-state index in [-0.39, 0.29) is 17.6 Å². The highest BCUT2D eigenvalue weighted by molar-refractivity contribution is 7.86. The van der Waals surface area contributed by atoms with Crippen molar-refractivity contribution in [2.24, 2.45) is 5.92 Å². The van der Waals surface area contributed by atoms with Crippen LogP contribution in [0.15, 0.2) is 24.3 Å². The van der Waals surface area contributed by atoms with Crippen LogP contribution in [0.25, 0.3) is 0 Å². The predicted octanol–water partition coefficient (Wildman–Crippen LogP) is 4.37. The van der Waals surface area contributed by atoms with Crippen LogP contribution >= 0.6 is 0 Å². The Morgan fingerprint density at radius 2 is 1.69 bits per heavy atom. The van der Waals surface area contributed by atoms with Crippen molar-refractivity contribution in [2.45, 2.75) is 65.8 Å². The van der Waals surface area contributed by atoms with Gasteiger partial charge in [0.15, 0.2) is 0 Å². The largest absolute Gasteiger partial charge is 0.383 e. The Balaban J connectivity index is 2.84. The number of unbranched alkanes of at least 4 members (excludes halogenated alkanes) is 2. The second-order valence-electron chi connectivity index (χ2n) is 6.79. The molecule has 1 amide bonds. The van der Waals surface area contributed by atoms with Gasteiger partial charge in [0.1, 0.15) is 5.75 Å². The zero-order valence-corrected chi connectivity index (χ0v) is 17.3. The number of hydrogen-bond donors (Lipinski definition) is 0. The second kappa shape index (κ2) is 11.2. The van der Waals surface area contributed by atoms with E-state index in [1.807, 2.05) is 17.0 Å². The summed E-state index contributed by atoms with van der Waals surface area (Å²) < 4.78 is 27.2. The summed E-state index contributed by atoms with van der Waals surface area (Å²) in [4.78, 5) is 14.9. The summed E-state index contributed by atoms with van der Waals surface area (Å²) in [5.74, 6) is 0.600. The van der Waals surface area contributed by atoms with Crippen molar-refractivity contribution in [3.8, 4) is 5.75 Å². The molecule has 1 aromatic carbocycles. The molecule has 1 rings (SSSR count). The maximum atomic E-state index is 13.0. The van der Waals surface area contributed by atoms with Crippen molar-refractivity contribution >= 4 is 16.0 Å². The lowest BCUT2D eigenvalue weighted by Crippen LogP contribution is -2.36. The summed E-state index contributed by atoms with van der Waals surface area (Å²) in [6.45, 7) is 7.63. The molecule has 26 heavy (non-hydrogen) atoms. The molecule has 6 heteroatoms. The molecule has 0 saturated heterocycles. The highest BCUT2D eigenvalue weighted by Gasteiger charge is 2.22. The first kappa shape index (κ1) is 22.5. The van der Waals surface area contributed by atoms with Gasteiger partial charge in [-0.2, -0.15) is 8.42 Å². The summed E-state index contributed by atoms with van der Waals surface area (Å²) in [5, 5.41) is 0. The standard InChI is InChI=1S/C20H33NO4S/c1-5-8-10-18(7-3)20(22)21(15-9-6-2)16-17-11-13-19(14-12-17)25-26(4,23)24/h11-14,18H,5-10,15-16H2,1-4H3/t18-/m0/s1. The van der Waals surface area contributed by atoms with Crippen LogP contribution in [0.5, 0.6) is 5.75 Å². The van der Waals surface area contributed by atoms with Crippen molar-refractivity contribution in [3.05, 3.63) is 29.8 Å². The van der Waals surface area contributed by atoms with E-state index in [1.54, 1.807) is 12.1 Å². The van der Waals surface area contributed by atoms with Crippen molar-refractivity contribution < 1.29 is 17.4 Å². The van der Waals surface area contributed by atoms with Crippen LogP contribution in [-0.2, 0) is 21.5 Å². The van der Waals surface area contributed by atoms with Gasteiger partial charge in [-0.15, -0.1) is 0 Å². The maximum Gasteiger partial charge on any atom is 0.306 e. The summed E-state index contributed by atoms with van der Waals surface area (Å²) in [6, 6.07) is 6.90. The average Bonchev–Trinajstić information content (AvgIpc) is 2.59. The average molecular weight is 384 g/mol. The van der Waals surface area contributed by atoms with Gasteiger partial charge in [-0.3, -0.25) is 4.79 Å². The molecule has 0 spiro atoms. The molecular formula is C20H33NO4S. The number of hydrogen-bond acceptors (Lipinski definition) is 4. The third kappa shape index (κ3) is 8.21. The fourth-order valence-corrected chi connectivity index (χ4v) is 3.33. The van der Waals surface area contributed by atoms with E-state index in [0.717, 1.165) is 56.9 Å². The van der Waals surface area contributed by atoms with Gasteiger partial charge >= 0.3 is 10.1 Å². The zero-order valence-electron chi connectivity index (χ0n) is 16.5. The van der Waals surface area contributed by atoms with Gasteiger partial charge in [0.05, 0.1) is 6.26 Å². The van der Waals surface area contributed by atoms with E-state index in [2.05, 4.69) is 20.8 Å². The molecule has 0 unspecified atom stereocenters. The molecule has 0 aromatic heterocycles. The molecule has 0 N–H and O–H groups in total. The predicted molar refractivity (Wildman–Crippen MR) is 106 cm³/mol. The van der Waals surface area contributed by atoms with Crippen LogP contribution in [0.4, 0.5) is 0 Å². The summed E-state index contributed by atoms with van der Waals surface area (Å²) in [6.07, 6.45) is 7.01. The van der Waals surface area contributed by atoms with E-state index < -0.39 is 10.1 Å². The minimum absolute atomic E-state index is 0.0830. The summed E-state index contributed by atoms with van der Waals surface area (Å²) in [5.41, 5.74) is 0.973. The minimum atomic E-state index is -3.53. The van der Waals surface area contributed by atoms with E-state index in [4.69, 9.17) is 4.18 Å². The Labute approximate surface area is 158 Å². The van der Waals surface area contributed by atoms with Gasteiger partial charge in [-0.25, -0.2) is 0 Å². The monoisotopic (exact) mass is 383 g/mol. The van der Waals surface area contributed by atoms with Gasteiger partial charge in [-0.1, -0.05) is 52.2 Å². The van der Waals surface area contributed by atoms with Gasteiger partial charge in [0.2, 0.25) is 5.91 Å². The maximum absolute atomic E-state index is 13.0. The van der Waals surface area contributed by atoms with E-state index in [9.17, 15) is 13.2 Å². The van der Waals surface area contributed by atoms with Gasteiger partial charge in [0, 0.05) is 19.0 Å². The first-order valence-corrected chi connectivity index (χ1v) is 11.4. The van der Waals surface area contributed by atoms with Crippen LogP contribution in [0.1, 0.15) is 64.9 Å². The molecule has 1 aromatic rings. The summed E-state index contributed by atoms with van der Waals surface area (Å²) >= 11 is 0. The van der Waals surface area contributed by atoms with Crippen LogP contribution in [0, 0.1) is 5.92 Å². The first-order chi connectivity index (χ1) is 12.3. The molecule has 1 atom stereocenters. The number of amides is 1. The van der Waals surface area contributed by atoms with Gasteiger partial charge < -0.3 is 9.08 Å². The molecule has 0 heterocycles. The molecule has 0 aliphatic carbocycles. The third-order valence-corrected chi connectivity index (χ3v) is 4.88. The highest BCUT2D eigenvalue weighted by Crippen LogP contribution is 2.20. The third-order valence-electron chi connectivity index (χ3n) is 4.39. The molecule has 0 bridgehead atoms. The van der Waals surface area contributed by atoms with Crippen molar-refractivity contribution in [1.29, 1.82) is 0 Å². The number of nitrogens with zero attached hydrogens (tertiary/aromatic N) is 1. The fraction of sp³-hybridized carbons (Fsp3) is 0.650. The van der Waals surface area contributed by atoms with Crippen LogP contribution in [-0.4, -0.2) is 32.0 Å². The van der Waals surface area contributed by atoms with E-state index >= 15 is 0 Å². The lowest BCUT2D eigenvalue weighted by Gasteiger charge is -2.27. The Morgan fingerprint density at radius 3 is 2.19 bits per heavy atom. The molecule has 0 aliphatic heterocycles. The highest BCUT2D eigenvalue weighted by atomic mass is 32.2. The Hall–Kier alpha value is -1.56. The smallest absolute Gasteiger partial charge is 0.306 e. The lowest BCUT2D eigenvalue weighted by atomic mass is 9.97. The van der Waals surface area contributed by atoms with Crippen LogP contribution in [0.2, 0.25) is 0 Å². The fourth-order valence-electron chi connectivity index (χ4n) is 2.87. The lowest BCUT2D eigenvalue weighted by molar-refractivity contribution is -0.136. The zero-order chi connectivity index (χ0) is 19.6. The van der Waals surface area contributed by atoms with Crippen LogP contribution < -0.4 is 4.18 Å². The van der Waals surface area contributed by atoms with Gasteiger partial charge in [-0.05, 0) is 37.0 Å². The van der Waals surface area contributed by atoms with Crippen LogP contribution in [0.3, 0.4) is 0 Å². The molecule has 0 fully saturated rings. The Bertz CT molecular complexity index is 640. The minimum Gasteiger partial charge on any atom is -0.383 e. The summed E-state index contributed by atoms with van der Waals surface area (Å²) in [7, 11) is -3.53. The Morgan fingerprint density at radius 1 is 1.08 bits per heavy atom. The Kier molecular flexibility index (Phi) is 9.70. The number of carbonyl (C=O) groups is 1. The molecule has 5 nitrogen and oxygen atoms in total. The van der Waals surface area contributed by atoms with E-state index in [1.165, 1.54) is 0 Å². The molecule has 0 saturated carbocycles. The number of benzene rings is 1.